The third-order valence-corrected chi connectivity index (χ3v) is 4.61. The van der Waals surface area contributed by atoms with E-state index in [1.54, 1.807) is 25.1 Å². The van der Waals surface area contributed by atoms with Crippen molar-refractivity contribution in [2.75, 3.05) is 13.2 Å². The molecule has 1 aromatic heterocycles. The maximum Gasteiger partial charge on any atom is 0.387 e. The first kappa shape index (κ1) is 25.6. The lowest BCUT2D eigenvalue weighted by atomic mass is 10.2. The molecule has 2 aromatic carbocycles. The van der Waals surface area contributed by atoms with Gasteiger partial charge in [-0.25, -0.2) is 9.98 Å². The maximum absolute atomic E-state index is 12.9. The van der Waals surface area contributed by atoms with Crippen molar-refractivity contribution < 1.29 is 18.3 Å². The lowest BCUT2D eigenvalue weighted by Gasteiger charge is -2.15. The van der Waals surface area contributed by atoms with E-state index in [9.17, 15) is 8.78 Å². The number of nitrogens with zero attached hydrogens (tertiary/aromatic N) is 3. The van der Waals surface area contributed by atoms with Crippen molar-refractivity contribution in [3.05, 3.63) is 53.9 Å². The normalized spacial score (nSPS) is 11.4. The number of aromatic nitrogens is 2. The van der Waals surface area contributed by atoms with Crippen LogP contribution in [0.25, 0.3) is 11.0 Å². The Morgan fingerprint density at radius 2 is 1.91 bits per heavy atom. The molecule has 10 heteroatoms. The van der Waals surface area contributed by atoms with E-state index in [-0.39, 0.29) is 42.0 Å². The molecule has 0 bridgehead atoms. The number of nitrogens with one attached hydrogen (secondary N) is 2. The second kappa shape index (κ2) is 12.4. The summed E-state index contributed by atoms with van der Waals surface area (Å²) in [6.45, 7) is 2.37. The molecule has 3 rings (SSSR count). The number of benzene rings is 2. The van der Waals surface area contributed by atoms with Crippen LogP contribution < -0.4 is 20.1 Å². The van der Waals surface area contributed by atoms with E-state index in [0.717, 1.165) is 16.9 Å². The van der Waals surface area contributed by atoms with Crippen LogP contribution in [-0.4, -0.2) is 35.3 Å². The maximum atomic E-state index is 12.9. The number of fused-ring (bicyclic) bond motifs is 1. The molecule has 32 heavy (non-hydrogen) atoms. The van der Waals surface area contributed by atoms with Crippen molar-refractivity contribution in [3.63, 3.8) is 0 Å². The quantitative estimate of drug-likeness (QED) is 0.231. The Hall–Kier alpha value is -2.63. The molecule has 7 nitrogen and oxygen atoms in total. The van der Waals surface area contributed by atoms with Gasteiger partial charge in [0.15, 0.2) is 17.5 Å². The first-order chi connectivity index (χ1) is 15.0. The Balaban J connectivity index is 0.00000363. The average molecular weight is 559 g/mol. The predicted octanol–water partition coefficient (Wildman–Crippen LogP) is 4.45. The van der Waals surface area contributed by atoms with Gasteiger partial charge in [0, 0.05) is 19.2 Å². The van der Waals surface area contributed by atoms with Gasteiger partial charge in [0.25, 0.3) is 0 Å². The topological polar surface area (TPSA) is 72.7 Å². The summed E-state index contributed by atoms with van der Waals surface area (Å²) in [5.41, 5.74) is 2.47. The Bertz CT molecular complexity index is 1040. The van der Waals surface area contributed by atoms with Crippen LogP contribution in [-0.2, 0) is 20.1 Å². The summed E-state index contributed by atoms with van der Waals surface area (Å²) >= 11 is 0. The zero-order valence-corrected chi connectivity index (χ0v) is 20.6. The smallest absolute Gasteiger partial charge is 0.387 e. The molecule has 0 saturated heterocycles. The number of hydrogen-bond donors (Lipinski definition) is 2. The van der Waals surface area contributed by atoms with E-state index in [1.165, 1.54) is 0 Å². The van der Waals surface area contributed by atoms with E-state index in [4.69, 9.17) is 9.47 Å². The molecule has 3 aromatic rings. The van der Waals surface area contributed by atoms with Gasteiger partial charge >= 0.3 is 6.61 Å². The molecule has 0 unspecified atom stereocenters. The van der Waals surface area contributed by atoms with Crippen molar-refractivity contribution in [2.24, 2.45) is 12.0 Å². The number of rotatable bonds is 9. The average Bonchev–Trinajstić information content (AvgIpc) is 3.07. The fraction of sp³-hybridized carbons (Fsp3) is 0.364. The number of alkyl halides is 2. The Kier molecular flexibility index (Phi) is 9.95. The molecule has 0 aliphatic carbocycles. The van der Waals surface area contributed by atoms with E-state index in [2.05, 4.69) is 20.6 Å². The van der Waals surface area contributed by atoms with Crippen LogP contribution >= 0.6 is 24.0 Å². The third kappa shape index (κ3) is 6.44. The fourth-order valence-corrected chi connectivity index (χ4v) is 3.20. The summed E-state index contributed by atoms with van der Waals surface area (Å²) < 4.78 is 38.0. The number of aliphatic imine (C=N–C) groups is 1. The Morgan fingerprint density at radius 3 is 2.59 bits per heavy atom. The number of halogens is 3. The van der Waals surface area contributed by atoms with Gasteiger partial charge in [-0.1, -0.05) is 24.3 Å². The van der Waals surface area contributed by atoms with Crippen LogP contribution in [0.5, 0.6) is 11.5 Å². The molecule has 0 fully saturated rings. The first-order valence-electron chi connectivity index (χ1n) is 10.2. The lowest BCUT2D eigenvalue weighted by molar-refractivity contribution is -0.0520. The summed E-state index contributed by atoms with van der Waals surface area (Å²) in [6.07, 6.45) is 0. The van der Waals surface area contributed by atoms with Gasteiger partial charge in [0.1, 0.15) is 5.82 Å². The monoisotopic (exact) mass is 559 g/mol. The van der Waals surface area contributed by atoms with Gasteiger partial charge in [-0.05, 0) is 32.0 Å². The largest absolute Gasteiger partial charge is 0.490 e. The summed E-state index contributed by atoms with van der Waals surface area (Å²) in [7, 11) is 1.96. The van der Waals surface area contributed by atoms with Crippen molar-refractivity contribution in [2.45, 2.75) is 33.5 Å². The molecule has 0 saturated carbocycles. The number of imidazole rings is 1. The van der Waals surface area contributed by atoms with Gasteiger partial charge in [-0.15, -0.1) is 24.0 Å². The van der Waals surface area contributed by atoms with E-state index in [1.807, 2.05) is 42.8 Å². The Labute approximate surface area is 203 Å². The highest BCUT2D eigenvalue weighted by Crippen LogP contribution is 2.33. The second-order valence-corrected chi connectivity index (χ2v) is 6.68. The Morgan fingerprint density at radius 1 is 1.12 bits per heavy atom. The summed E-state index contributed by atoms with van der Waals surface area (Å²) in [4.78, 5) is 9.17. The highest BCUT2D eigenvalue weighted by atomic mass is 127. The highest BCUT2D eigenvalue weighted by molar-refractivity contribution is 14.0. The van der Waals surface area contributed by atoms with Crippen molar-refractivity contribution >= 4 is 41.0 Å². The minimum Gasteiger partial charge on any atom is -0.490 e. The lowest BCUT2D eigenvalue weighted by Crippen LogP contribution is -2.37. The van der Waals surface area contributed by atoms with Crippen LogP contribution in [0.2, 0.25) is 0 Å². The minimum atomic E-state index is -2.95. The van der Waals surface area contributed by atoms with Crippen LogP contribution in [0.4, 0.5) is 8.78 Å². The fourth-order valence-electron chi connectivity index (χ4n) is 3.20. The molecule has 0 amide bonds. The molecule has 0 atom stereocenters. The summed E-state index contributed by atoms with van der Waals surface area (Å²) in [6, 6.07) is 12.9. The zero-order valence-electron chi connectivity index (χ0n) is 18.3. The highest BCUT2D eigenvalue weighted by Gasteiger charge is 2.16. The molecule has 0 radical (unpaired) electrons. The molecular weight excluding hydrogens is 531 g/mol. The van der Waals surface area contributed by atoms with Crippen LogP contribution in [0.3, 0.4) is 0 Å². The zero-order chi connectivity index (χ0) is 22.2. The van der Waals surface area contributed by atoms with E-state index in [0.29, 0.717) is 31.2 Å². The number of guanidine groups is 1. The molecule has 1 heterocycles. The van der Waals surface area contributed by atoms with Crippen LogP contribution in [0.15, 0.2) is 47.5 Å². The molecule has 2 N–H and O–H groups in total. The van der Waals surface area contributed by atoms with Crippen LogP contribution in [0.1, 0.15) is 25.2 Å². The second-order valence-electron chi connectivity index (χ2n) is 6.68. The summed E-state index contributed by atoms with van der Waals surface area (Å²) in [5, 5.41) is 6.40. The van der Waals surface area contributed by atoms with E-state index >= 15 is 0 Å². The molecule has 0 aliphatic heterocycles. The number of ether oxygens (including phenoxy) is 2. The predicted molar refractivity (Wildman–Crippen MR) is 132 cm³/mol. The number of aryl methyl sites for hydroxylation is 1. The van der Waals surface area contributed by atoms with Gasteiger partial charge in [0.05, 0.1) is 30.7 Å². The minimum absolute atomic E-state index is 0. The van der Waals surface area contributed by atoms with Crippen molar-refractivity contribution in [1.82, 2.24) is 20.2 Å². The SMILES string of the molecule is CCNC(=NCc1cccc(OCC)c1OC(F)F)NCc1nc2ccccc2n1C.I. The van der Waals surface area contributed by atoms with Crippen molar-refractivity contribution in [3.8, 4) is 11.5 Å². The molecule has 174 valence electrons. The van der Waals surface area contributed by atoms with Gasteiger partial charge in [0.2, 0.25) is 0 Å². The number of hydrogen-bond acceptors (Lipinski definition) is 4. The molecular formula is C22H28F2IN5O2. The number of para-hydroxylation sites is 3. The summed E-state index contributed by atoms with van der Waals surface area (Å²) in [5.74, 6) is 1.67. The van der Waals surface area contributed by atoms with Crippen molar-refractivity contribution in [1.29, 1.82) is 0 Å². The first-order valence-corrected chi connectivity index (χ1v) is 10.2. The van der Waals surface area contributed by atoms with Gasteiger partial charge in [-0.2, -0.15) is 8.78 Å². The molecule has 0 spiro atoms. The van der Waals surface area contributed by atoms with Gasteiger partial charge in [-0.3, -0.25) is 0 Å². The van der Waals surface area contributed by atoms with E-state index < -0.39 is 6.61 Å². The standard InChI is InChI=1S/C22H27F2N5O2.HI/c1-4-25-22(27-14-19-28-16-10-6-7-11-17(16)29(19)3)26-13-15-9-8-12-18(30-5-2)20(15)31-21(23)24;/h6-12,21H,4-5,13-14H2,1-3H3,(H2,25,26,27);1H. The molecule has 0 aliphatic rings. The third-order valence-electron chi connectivity index (χ3n) is 4.61. The van der Waals surface area contributed by atoms with Crippen LogP contribution in [0, 0.1) is 0 Å². The van der Waals surface area contributed by atoms with Gasteiger partial charge < -0.3 is 24.7 Å².